The topological polar surface area (TPSA) is 29.3 Å². The van der Waals surface area contributed by atoms with Crippen molar-refractivity contribution in [2.24, 2.45) is 5.92 Å². The Morgan fingerprint density at radius 1 is 0.600 bits per heavy atom. The van der Waals surface area contributed by atoms with Crippen molar-refractivity contribution in [2.45, 2.75) is 25.2 Å². The van der Waals surface area contributed by atoms with Crippen molar-refractivity contribution in [1.82, 2.24) is 4.98 Å². The van der Waals surface area contributed by atoms with E-state index in [1.54, 1.807) is 6.20 Å². The highest BCUT2D eigenvalue weighted by atomic mass is 16.3. The highest BCUT2D eigenvalue weighted by Crippen LogP contribution is 2.58. The predicted molar refractivity (Wildman–Crippen MR) is 229 cm³/mol. The van der Waals surface area contributed by atoms with Crippen LogP contribution in [-0.4, -0.2) is 4.98 Å². The summed E-state index contributed by atoms with van der Waals surface area (Å²) in [5.74, 6) is 1.37. The summed E-state index contributed by atoms with van der Waals surface area (Å²) in [6.07, 6.45) is 9.18. The SMILES string of the molecule is CC1(C)c2c(c3ccccc3c3ccccc23)C2C=CC(N(c3ccc(-c4cc5ncccc5o4)cc3)c3ccc(-c4cccc5ccccc45)cc3)=CC21. The van der Waals surface area contributed by atoms with Gasteiger partial charge < -0.3 is 9.32 Å². The highest BCUT2D eigenvalue weighted by Gasteiger charge is 2.47. The van der Waals surface area contributed by atoms with E-state index in [4.69, 9.17) is 4.42 Å². The molecule has 55 heavy (non-hydrogen) atoms. The molecule has 11 rings (SSSR count). The maximum atomic E-state index is 6.20. The van der Waals surface area contributed by atoms with Crippen LogP contribution in [0.25, 0.3) is 65.9 Å². The van der Waals surface area contributed by atoms with Gasteiger partial charge in [0.25, 0.3) is 0 Å². The van der Waals surface area contributed by atoms with Gasteiger partial charge in [-0.25, -0.2) is 0 Å². The van der Waals surface area contributed by atoms with Crippen molar-refractivity contribution in [3.8, 4) is 22.5 Å². The average Bonchev–Trinajstić information content (AvgIpc) is 3.78. The minimum absolute atomic E-state index is 0.0945. The van der Waals surface area contributed by atoms with Crippen molar-refractivity contribution in [3.05, 3.63) is 199 Å². The van der Waals surface area contributed by atoms with Gasteiger partial charge in [-0.15, -0.1) is 0 Å². The summed E-state index contributed by atoms with van der Waals surface area (Å²) in [5, 5.41) is 7.93. The Hall–Kier alpha value is -6.71. The maximum Gasteiger partial charge on any atom is 0.153 e. The summed E-state index contributed by atoms with van der Waals surface area (Å²) in [6.45, 7) is 4.90. The van der Waals surface area contributed by atoms with Crippen LogP contribution in [0.4, 0.5) is 11.4 Å². The summed E-state index contributed by atoms with van der Waals surface area (Å²) >= 11 is 0. The standard InChI is InChI=1S/C52H38N2O/c1-52(2)46-31-38(28-29-45(46)50-43-16-7-5-14-41(43)42-15-6-8-17-44(42)51(50)52)54(37-26-22-35(23-27-37)49-32-47-48(55-49)19-10-30-53-47)36-24-20-34(21-25-36)40-18-9-12-33-11-3-4-13-39(33)40/h3-32,45-46H,1-2H3. The molecule has 0 saturated carbocycles. The molecule has 2 atom stereocenters. The van der Waals surface area contributed by atoms with Crippen molar-refractivity contribution in [2.75, 3.05) is 4.90 Å². The number of nitrogens with zero attached hydrogens (tertiary/aromatic N) is 2. The van der Waals surface area contributed by atoms with Gasteiger partial charge in [0.05, 0.1) is 0 Å². The minimum Gasteiger partial charge on any atom is -0.454 e. The van der Waals surface area contributed by atoms with Gasteiger partial charge in [-0.2, -0.15) is 0 Å². The summed E-state index contributed by atoms with van der Waals surface area (Å²) < 4.78 is 6.20. The Morgan fingerprint density at radius 3 is 1.98 bits per heavy atom. The molecule has 262 valence electrons. The van der Waals surface area contributed by atoms with E-state index in [1.165, 1.54) is 60.3 Å². The molecule has 2 heterocycles. The largest absolute Gasteiger partial charge is 0.454 e. The molecule has 3 heteroatoms. The van der Waals surface area contributed by atoms with Crippen molar-refractivity contribution < 1.29 is 4.42 Å². The lowest BCUT2D eigenvalue weighted by Crippen LogP contribution is -2.28. The number of fused-ring (bicyclic) bond motifs is 10. The number of hydrogen-bond acceptors (Lipinski definition) is 3. The highest BCUT2D eigenvalue weighted by molar-refractivity contribution is 6.12. The molecular formula is C52H38N2O. The lowest BCUT2D eigenvalue weighted by atomic mass is 9.73. The van der Waals surface area contributed by atoms with Crippen LogP contribution < -0.4 is 4.90 Å². The van der Waals surface area contributed by atoms with Crippen LogP contribution in [0.5, 0.6) is 0 Å². The molecule has 2 unspecified atom stereocenters. The fourth-order valence-electron chi connectivity index (χ4n) is 9.62. The number of rotatable bonds is 5. The second-order valence-electron chi connectivity index (χ2n) is 15.6. The van der Waals surface area contributed by atoms with Gasteiger partial charge >= 0.3 is 0 Å². The van der Waals surface area contributed by atoms with Gasteiger partial charge in [-0.3, -0.25) is 4.98 Å². The Labute approximate surface area is 320 Å². The second kappa shape index (κ2) is 12.2. The first-order valence-electron chi connectivity index (χ1n) is 19.2. The van der Waals surface area contributed by atoms with E-state index in [0.717, 1.165) is 33.8 Å². The molecule has 0 fully saturated rings. The zero-order chi connectivity index (χ0) is 36.7. The monoisotopic (exact) mass is 706 g/mol. The average molecular weight is 707 g/mol. The zero-order valence-corrected chi connectivity index (χ0v) is 30.8. The van der Waals surface area contributed by atoms with E-state index < -0.39 is 0 Å². The molecule has 7 aromatic carbocycles. The number of benzene rings is 7. The van der Waals surface area contributed by atoms with Crippen molar-refractivity contribution in [1.29, 1.82) is 0 Å². The summed E-state index contributed by atoms with van der Waals surface area (Å²) in [5.41, 5.74) is 11.4. The number of hydrogen-bond donors (Lipinski definition) is 0. The quantitative estimate of drug-likeness (QED) is 0.167. The first-order valence-corrected chi connectivity index (χ1v) is 19.2. The van der Waals surface area contributed by atoms with Crippen LogP contribution in [0.15, 0.2) is 192 Å². The molecule has 0 spiro atoms. The van der Waals surface area contributed by atoms with E-state index in [9.17, 15) is 0 Å². The number of furan rings is 1. The summed E-state index contributed by atoms with van der Waals surface area (Å²) in [4.78, 5) is 6.90. The van der Waals surface area contributed by atoms with Crippen LogP contribution >= 0.6 is 0 Å². The van der Waals surface area contributed by atoms with Gasteiger partial charge in [0.1, 0.15) is 11.3 Å². The van der Waals surface area contributed by atoms with Crippen LogP contribution in [0.2, 0.25) is 0 Å². The molecule has 0 radical (unpaired) electrons. The van der Waals surface area contributed by atoms with Crippen LogP contribution in [-0.2, 0) is 5.41 Å². The van der Waals surface area contributed by atoms with Crippen LogP contribution in [0.3, 0.4) is 0 Å². The molecule has 2 aromatic heterocycles. The van der Waals surface area contributed by atoms with Gasteiger partial charge in [-0.1, -0.05) is 129 Å². The van der Waals surface area contributed by atoms with E-state index in [-0.39, 0.29) is 17.3 Å². The number of anilines is 2. The molecule has 2 aliphatic rings. The van der Waals surface area contributed by atoms with Gasteiger partial charge in [-0.05, 0) is 121 Å². The molecule has 0 bridgehead atoms. The maximum absolute atomic E-state index is 6.20. The first kappa shape index (κ1) is 31.8. The third-order valence-electron chi connectivity index (χ3n) is 12.2. The Balaban J connectivity index is 1.04. The summed E-state index contributed by atoms with van der Waals surface area (Å²) in [6, 6.07) is 56.9. The number of allylic oxidation sites excluding steroid dienone is 3. The van der Waals surface area contributed by atoms with Crippen LogP contribution in [0, 0.1) is 5.92 Å². The molecule has 9 aromatic rings. The molecule has 0 amide bonds. The Kier molecular flexibility index (Phi) is 7.03. The molecule has 0 N–H and O–H groups in total. The first-order chi connectivity index (χ1) is 27.0. The van der Waals surface area contributed by atoms with E-state index in [1.807, 2.05) is 18.2 Å². The molecule has 3 nitrogen and oxygen atoms in total. The molecule has 0 aliphatic heterocycles. The molecule has 0 saturated heterocycles. The Morgan fingerprint density at radius 2 is 1.24 bits per heavy atom. The third kappa shape index (κ3) is 4.93. The van der Waals surface area contributed by atoms with E-state index in [2.05, 4.69) is 181 Å². The fraction of sp³-hybridized carbons (Fsp3) is 0.0962. The molecular weight excluding hydrogens is 669 g/mol. The second-order valence-corrected chi connectivity index (χ2v) is 15.6. The van der Waals surface area contributed by atoms with Crippen LogP contribution in [0.1, 0.15) is 30.9 Å². The smallest absolute Gasteiger partial charge is 0.153 e. The van der Waals surface area contributed by atoms with Gasteiger partial charge in [0, 0.05) is 40.8 Å². The predicted octanol–water partition coefficient (Wildman–Crippen LogP) is 13.9. The van der Waals surface area contributed by atoms with Crippen molar-refractivity contribution in [3.63, 3.8) is 0 Å². The number of aromatic nitrogens is 1. The van der Waals surface area contributed by atoms with E-state index >= 15 is 0 Å². The van der Waals surface area contributed by atoms with Crippen molar-refractivity contribution >= 4 is 54.8 Å². The minimum atomic E-state index is -0.0945. The molecule has 2 aliphatic carbocycles. The van der Waals surface area contributed by atoms with Gasteiger partial charge in [0.2, 0.25) is 0 Å². The van der Waals surface area contributed by atoms with Gasteiger partial charge in [0.15, 0.2) is 5.58 Å². The third-order valence-corrected chi connectivity index (χ3v) is 12.2. The van der Waals surface area contributed by atoms with E-state index in [0.29, 0.717) is 0 Å². The lowest BCUT2D eigenvalue weighted by Gasteiger charge is -2.35. The summed E-state index contributed by atoms with van der Waals surface area (Å²) in [7, 11) is 0. The Bertz CT molecular complexity index is 2980. The zero-order valence-electron chi connectivity index (χ0n) is 30.8. The fourth-order valence-corrected chi connectivity index (χ4v) is 9.62. The normalized spacial score (nSPS) is 17.1. The lowest BCUT2D eigenvalue weighted by molar-refractivity contribution is 0.394. The number of pyridine rings is 1.